The van der Waals surface area contributed by atoms with Gasteiger partial charge in [-0.15, -0.1) is 10.2 Å². The lowest BCUT2D eigenvalue weighted by Crippen LogP contribution is -2.19. The Morgan fingerprint density at radius 3 is 2.48 bits per heavy atom. The molecule has 140 valence electrons. The van der Waals surface area contributed by atoms with E-state index in [0.29, 0.717) is 16.9 Å². The molecule has 27 heavy (non-hydrogen) atoms. The Bertz CT molecular complexity index is 892. The van der Waals surface area contributed by atoms with E-state index in [1.165, 1.54) is 11.8 Å². The summed E-state index contributed by atoms with van der Waals surface area (Å²) in [6, 6.07) is 15.6. The summed E-state index contributed by atoms with van der Waals surface area (Å²) in [5.74, 6) is 1.09. The van der Waals surface area contributed by atoms with Gasteiger partial charge in [-0.3, -0.25) is 4.79 Å². The first-order valence-corrected chi connectivity index (χ1v) is 10.7. The van der Waals surface area contributed by atoms with Gasteiger partial charge in [-0.25, -0.2) is 0 Å². The van der Waals surface area contributed by atoms with Gasteiger partial charge in [0, 0.05) is 5.69 Å². The van der Waals surface area contributed by atoms with Crippen LogP contribution in [-0.2, 0) is 10.5 Å². The van der Waals surface area contributed by atoms with Crippen molar-refractivity contribution in [1.29, 1.82) is 0 Å². The van der Waals surface area contributed by atoms with Crippen molar-refractivity contribution in [2.24, 2.45) is 0 Å². The highest BCUT2D eigenvalue weighted by molar-refractivity contribution is 8.00. The largest absolute Gasteiger partial charge is 0.415 e. The molecule has 0 radical (unpaired) electrons. The Hall–Kier alpha value is -2.25. The second kappa shape index (κ2) is 9.10. The summed E-state index contributed by atoms with van der Waals surface area (Å²) in [6.07, 6.45) is 1.97. The molecule has 1 amide bonds. The molecule has 1 heterocycles. The normalized spacial score (nSPS) is 12.0. The quantitative estimate of drug-likeness (QED) is 0.563. The van der Waals surface area contributed by atoms with E-state index in [1.807, 2.05) is 62.6 Å². The lowest BCUT2D eigenvalue weighted by Gasteiger charge is -2.16. The van der Waals surface area contributed by atoms with E-state index in [1.54, 1.807) is 11.8 Å². The zero-order chi connectivity index (χ0) is 19.2. The summed E-state index contributed by atoms with van der Waals surface area (Å²) in [7, 11) is 0. The van der Waals surface area contributed by atoms with E-state index in [0.717, 1.165) is 22.4 Å². The highest BCUT2D eigenvalue weighted by Gasteiger charge is 2.25. The summed E-state index contributed by atoms with van der Waals surface area (Å²) in [5.41, 5.74) is 3.88. The third kappa shape index (κ3) is 5.37. The molecule has 3 aromatic rings. The van der Waals surface area contributed by atoms with Gasteiger partial charge in [0.1, 0.15) is 5.25 Å². The van der Waals surface area contributed by atoms with Crippen LogP contribution in [0.3, 0.4) is 0 Å². The number of hydrogen-bond acceptors (Lipinski definition) is 6. The molecule has 2 aromatic carbocycles. The van der Waals surface area contributed by atoms with Crippen LogP contribution in [0.5, 0.6) is 0 Å². The molecular weight excluding hydrogens is 378 g/mol. The highest BCUT2D eigenvalue weighted by atomic mass is 32.2. The van der Waals surface area contributed by atoms with Crippen LogP contribution < -0.4 is 5.32 Å². The first kappa shape index (κ1) is 19.5. The standard InChI is InChI=1S/C20H21N3O2S2/c1-13-9-14(2)11-16(10-13)21-19(24)18(15-7-5-4-6-8-15)27-20-23-22-17(25-20)12-26-3/h4-11,18H,12H2,1-3H3,(H,21,24). The minimum absolute atomic E-state index is 0.124. The second-order valence-electron chi connectivity index (χ2n) is 6.17. The SMILES string of the molecule is CSCc1nnc(SC(C(=O)Nc2cc(C)cc(C)c2)c2ccccc2)o1. The first-order chi connectivity index (χ1) is 13.0. The number of aromatic nitrogens is 2. The number of nitrogens with one attached hydrogen (secondary N) is 1. The minimum atomic E-state index is -0.491. The number of hydrogen-bond donors (Lipinski definition) is 1. The zero-order valence-corrected chi connectivity index (χ0v) is 17.1. The third-order valence-corrected chi connectivity index (χ3v) is 5.39. The molecule has 0 saturated carbocycles. The van der Waals surface area contributed by atoms with Gasteiger partial charge in [-0.1, -0.05) is 36.4 Å². The van der Waals surface area contributed by atoms with Crippen LogP contribution in [0.25, 0.3) is 0 Å². The topological polar surface area (TPSA) is 68.0 Å². The maximum absolute atomic E-state index is 13.0. The number of rotatable bonds is 7. The Morgan fingerprint density at radius 1 is 1.11 bits per heavy atom. The minimum Gasteiger partial charge on any atom is -0.415 e. The molecule has 1 N–H and O–H groups in total. The van der Waals surface area contributed by atoms with Gasteiger partial charge < -0.3 is 9.73 Å². The van der Waals surface area contributed by atoms with Crippen LogP contribution in [0.15, 0.2) is 58.2 Å². The molecule has 5 nitrogen and oxygen atoms in total. The van der Waals surface area contributed by atoms with Crippen LogP contribution in [0.2, 0.25) is 0 Å². The van der Waals surface area contributed by atoms with Gasteiger partial charge in [0.2, 0.25) is 11.8 Å². The van der Waals surface area contributed by atoms with E-state index in [2.05, 4.69) is 21.6 Å². The van der Waals surface area contributed by atoms with Crippen molar-refractivity contribution in [2.75, 3.05) is 11.6 Å². The van der Waals surface area contributed by atoms with E-state index in [9.17, 15) is 4.79 Å². The predicted molar refractivity (Wildman–Crippen MR) is 111 cm³/mol. The Balaban J connectivity index is 1.83. The molecule has 0 aliphatic carbocycles. The average Bonchev–Trinajstić information content (AvgIpc) is 3.07. The lowest BCUT2D eigenvalue weighted by atomic mass is 10.1. The van der Waals surface area contributed by atoms with Crippen molar-refractivity contribution in [3.8, 4) is 0 Å². The number of anilines is 1. The molecule has 1 atom stereocenters. The summed E-state index contributed by atoms with van der Waals surface area (Å²) < 4.78 is 5.65. The van der Waals surface area contributed by atoms with Gasteiger partial charge in [0.15, 0.2) is 0 Å². The molecule has 7 heteroatoms. The number of aryl methyl sites for hydroxylation is 2. The Labute approximate surface area is 167 Å². The van der Waals surface area contributed by atoms with Gasteiger partial charge in [-0.05, 0) is 60.7 Å². The molecule has 1 aromatic heterocycles. The fourth-order valence-electron chi connectivity index (χ4n) is 2.72. The highest BCUT2D eigenvalue weighted by Crippen LogP contribution is 2.35. The fraction of sp³-hybridized carbons (Fsp3) is 0.250. The van der Waals surface area contributed by atoms with Crippen LogP contribution >= 0.6 is 23.5 Å². The predicted octanol–water partition coefficient (Wildman–Crippen LogP) is 5.02. The number of amides is 1. The van der Waals surface area contributed by atoms with Gasteiger partial charge in [-0.2, -0.15) is 11.8 Å². The van der Waals surface area contributed by atoms with Crippen molar-refractivity contribution >= 4 is 35.1 Å². The van der Waals surface area contributed by atoms with E-state index in [4.69, 9.17) is 4.42 Å². The molecule has 1 unspecified atom stereocenters. The average molecular weight is 400 g/mol. The maximum atomic E-state index is 13.0. The Morgan fingerprint density at radius 2 is 1.81 bits per heavy atom. The van der Waals surface area contributed by atoms with Crippen molar-refractivity contribution in [3.63, 3.8) is 0 Å². The molecule has 0 aliphatic rings. The smallest absolute Gasteiger partial charge is 0.277 e. The number of thioether (sulfide) groups is 2. The van der Waals surface area contributed by atoms with Crippen LogP contribution in [0.4, 0.5) is 5.69 Å². The molecule has 0 saturated heterocycles. The van der Waals surface area contributed by atoms with Crippen molar-refractivity contribution < 1.29 is 9.21 Å². The number of carbonyl (C=O) groups is 1. The summed E-state index contributed by atoms with van der Waals surface area (Å²) in [6.45, 7) is 4.02. The summed E-state index contributed by atoms with van der Waals surface area (Å²) in [5, 5.41) is 11.0. The zero-order valence-electron chi connectivity index (χ0n) is 15.4. The van der Waals surface area contributed by atoms with E-state index in [-0.39, 0.29) is 5.91 Å². The lowest BCUT2D eigenvalue weighted by molar-refractivity contribution is -0.115. The van der Waals surface area contributed by atoms with Crippen molar-refractivity contribution in [3.05, 3.63) is 71.1 Å². The number of nitrogens with zero attached hydrogens (tertiary/aromatic N) is 2. The van der Waals surface area contributed by atoms with Crippen LogP contribution in [0, 0.1) is 13.8 Å². The van der Waals surface area contributed by atoms with Crippen LogP contribution in [0.1, 0.15) is 27.8 Å². The molecule has 0 bridgehead atoms. The molecule has 0 spiro atoms. The number of benzene rings is 2. The molecule has 0 fully saturated rings. The second-order valence-corrected chi connectivity index (χ2v) is 8.09. The van der Waals surface area contributed by atoms with E-state index < -0.39 is 5.25 Å². The van der Waals surface area contributed by atoms with Gasteiger partial charge >= 0.3 is 0 Å². The van der Waals surface area contributed by atoms with E-state index >= 15 is 0 Å². The fourth-order valence-corrected chi connectivity index (χ4v) is 3.98. The maximum Gasteiger partial charge on any atom is 0.277 e. The summed E-state index contributed by atoms with van der Waals surface area (Å²) in [4.78, 5) is 13.0. The van der Waals surface area contributed by atoms with Crippen molar-refractivity contribution in [1.82, 2.24) is 10.2 Å². The third-order valence-electron chi connectivity index (χ3n) is 3.76. The van der Waals surface area contributed by atoms with Gasteiger partial charge in [0.05, 0.1) is 5.75 Å². The molecular formula is C20H21N3O2S2. The van der Waals surface area contributed by atoms with Crippen LogP contribution in [-0.4, -0.2) is 22.4 Å². The molecule has 3 rings (SSSR count). The monoisotopic (exact) mass is 399 g/mol. The Kier molecular flexibility index (Phi) is 6.58. The number of carbonyl (C=O) groups excluding carboxylic acids is 1. The first-order valence-electron chi connectivity index (χ1n) is 8.47. The summed E-state index contributed by atoms with van der Waals surface area (Å²) >= 11 is 2.87. The van der Waals surface area contributed by atoms with Crippen molar-refractivity contribution in [2.45, 2.75) is 30.1 Å². The molecule has 0 aliphatic heterocycles. The van der Waals surface area contributed by atoms with Gasteiger partial charge in [0.25, 0.3) is 5.22 Å².